The maximum atomic E-state index is 6.28. The van der Waals surface area contributed by atoms with Crippen LogP contribution in [-0.4, -0.2) is 72.1 Å². The number of ether oxygens (including phenoxy) is 2. The number of morpholine rings is 1. The molecule has 5 rings (SSSR count). The van der Waals surface area contributed by atoms with Crippen LogP contribution in [0.5, 0.6) is 5.75 Å². The molecule has 0 N–H and O–H groups in total. The summed E-state index contributed by atoms with van der Waals surface area (Å²) in [6.45, 7) is 8.55. The lowest BCUT2D eigenvalue weighted by Gasteiger charge is -2.35. The van der Waals surface area contributed by atoms with Crippen molar-refractivity contribution < 1.29 is 9.47 Å². The molecule has 2 aromatic carbocycles. The summed E-state index contributed by atoms with van der Waals surface area (Å²) in [5.74, 6) is 1.99. The molecular formula is C29H44N2O2Si. The minimum atomic E-state index is 0.387. The van der Waals surface area contributed by atoms with Crippen molar-refractivity contribution in [2.24, 2.45) is 5.92 Å². The standard InChI is InChI=1S/C23H36N2O2.C6H8Si/c1-2-4-20(5-3-1)18-24-12-10-23(11-13-24)27-22-8-6-21(7-9-22)19-25-14-16-26-17-15-25;7-6-4-2-1-3-5-6/h6-9,20,23H,1-5,10-19H2;1-5H,7H3. The molecule has 0 amide bonds. The van der Waals surface area contributed by atoms with Gasteiger partial charge in [-0.05, 0) is 49.3 Å². The molecule has 0 bridgehead atoms. The van der Waals surface area contributed by atoms with Crippen molar-refractivity contribution >= 4 is 15.4 Å². The van der Waals surface area contributed by atoms with Crippen molar-refractivity contribution in [2.45, 2.75) is 57.6 Å². The molecule has 2 heterocycles. The Morgan fingerprint density at radius 1 is 0.765 bits per heavy atom. The maximum Gasteiger partial charge on any atom is 0.119 e. The van der Waals surface area contributed by atoms with Gasteiger partial charge in [0.1, 0.15) is 11.9 Å². The zero-order chi connectivity index (χ0) is 23.4. The summed E-state index contributed by atoms with van der Waals surface area (Å²) in [5.41, 5.74) is 1.37. The van der Waals surface area contributed by atoms with Crippen LogP contribution in [0.4, 0.5) is 0 Å². The molecule has 3 fully saturated rings. The minimum absolute atomic E-state index is 0.387. The molecule has 1 aliphatic carbocycles. The second-order valence-electron chi connectivity index (χ2n) is 10.3. The number of hydrogen-bond acceptors (Lipinski definition) is 4. The van der Waals surface area contributed by atoms with Gasteiger partial charge in [-0.1, -0.05) is 66.9 Å². The van der Waals surface area contributed by atoms with Gasteiger partial charge < -0.3 is 14.4 Å². The normalized spacial score (nSPS) is 21.1. The van der Waals surface area contributed by atoms with E-state index in [1.165, 1.54) is 85.6 Å². The highest BCUT2D eigenvalue weighted by Crippen LogP contribution is 2.26. The Labute approximate surface area is 210 Å². The Morgan fingerprint density at radius 3 is 2.06 bits per heavy atom. The maximum absolute atomic E-state index is 6.28. The summed E-state index contributed by atoms with van der Waals surface area (Å²) in [7, 11) is 1.17. The van der Waals surface area contributed by atoms with E-state index < -0.39 is 0 Å². The Balaban J connectivity index is 0.000000336. The van der Waals surface area contributed by atoms with Gasteiger partial charge in [0.15, 0.2) is 0 Å². The summed E-state index contributed by atoms with van der Waals surface area (Å²) < 4.78 is 11.7. The summed E-state index contributed by atoms with van der Waals surface area (Å²) in [6.07, 6.45) is 9.98. The lowest BCUT2D eigenvalue weighted by atomic mass is 9.88. The van der Waals surface area contributed by atoms with Crippen LogP contribution in [0, 0.1) is 5.92 Å². The SMILES string of the molecule is [SiH3]c1ccccc1.c1cc(OC2CCN(CC3CCCCC3)CC2)ccc1CN1CCOCC1. The molecule has 5 heteroatoms. The van der Waals surface area contributed by atoms with Gasteiger partial charge in [-0.3, -0.25) is 4.90 Å². The number of hydrogen-bond donors (Lipinski definition) is 0. The van der Waals surface area contributed by atoms with E-state index in [2.05, 4.69) is 58.3 Å². The van der Waals surface area contributed by atoms with E-state index in [1.807, 2.05) is 6.07 Å². The number of nitrogens with zero attached hydrogens (tertiary/aromatic N) is 2. The third-order valence-corrected chi connectivity index (χ3v) is 8.12. The highest BCUT2D eigenvalue weighted by molar-refractivity contribution is 6.32. The van der Waals surface area contributed by atoms with Crippen molar-refractivity contribution in [3.8, 4) is 5.75 Å². The van der Waals surface area contributed by atoms with E-state index in [-0.39, 0.29) is 0 Å². The van der Waals surface area contributed by atoms with Gasteiger partial charge in [0.2, 0.25) is 0 Å². The molecule has 186 valence electrons. The first-order chi connectivity index (χ1) is 16.7. The van der Waals surface area contributed by atoms with E-state index in [4.69, 9.17) is 9.47 Å². The average Bonchev–Trinajstić information content (AvgIpc) is 2.89. The summed E-state index contributed by atoms with van der Waals surface area (Å²) >= 11 is 0. The zero-order valence-corrected chi connectivity index (χ0v) is 23.2. The van der Waals surface area contributed by atoms with Gasteiger partial charge in [0, 0.05) is 49.5 Å². The molecule has 1 saturated carbocycles. The molecule has 2 aliphatic heterocycles. The van der Waals surface area contributed by atoms with Crippen LogP contribution in [0.1, 0.15) is 50.5 Å². The zero-order valence-electron chi connectivity index (χ0n) is 21.2. The monoisotopic (exact) mass is 480 g/mol. The van der Waals surface area contributed by atoms with Gasteiger partial charge >= 0.3 is 0 Å². The van der Waals surface area contributed by atoms with Crippen molar-refractivity contribution in [3.63, 3.8) is 0 Å². The molecule has 0 aromatic heterocycles. The molecular weight excluding hydrogens is 436 g/mol. The van der Waals surface area contributed by atoms with Crippen LogP contribution >= 0.6 is 0 Å². The van der Waals surface area contributed by atoms with Crippen molar-refractivity contribution in [3.05, 3.63) is 60.2 Å². The van der Waals surface area contributed by atoms with Gasteiger partial charge in [-0.2, -0.15) is 0 Å². The molecule has 0 spiro atoms. The first kappa shape index (κ1) is 25.4. The smallest absolute Gasteiger partial charge is 0.119 e. The lowest BCUT2D eigenvalue weighted by molar-refractivity contribution is 0.0341. The van der Waals surface area contributed by atoms with Crippen molar-refractivity contribution in [1.82, 2.24) is 9.80 Å². The second kappa shape index (κ2) is 14.0. The lowest BCUT2D eigenvalue weighted by Crippen LogP contribution is -2.40. The van der Waals surface area contributed by atoms with Crippen molar-refractivity contribution in [2.75, 3.05) is 45.9 Å². The molecule has 2 aromatic rings. The average molecular weight is 481 g/mol. The molecule has 0 radical (unpaired) electrons. The van der Waals surface area contributed by atoms with Gasteiger partial charge in [-0.15, -0.1) is 0 Å². The fourth-order valence-corrected chi connectivity index (χ4v) is 5.75. The number of likely N-dealkylation sites (tertiary alicyclic amines) is 1. The Kier molecular flexibility index (Phi) is 10.5. The first-order valence-electron chi connectivity index (χ1n) is 13.5. The Hall–Kier alpha value is -1.66. The Morgan fingerprint density at radius 2 is 1.44 bits per heavy atom. The Bertz CT molecular complexity index is 797. The fourth-order valence-electron chi connectivity index (χ4n) is 5.36. The van der Waals surface area contributed by atoms with Gasteiger partial charge in [0.25, 0.3) is 0 Å². The minimum Gasteiger partial charge on any atom is -0.490 e. The summed E-state index contributed by atoms with van der Waals surface area (Å²) in [4.78, 5) is 5.14. The largest absolute Gasteiger partial charge is 0.490 e. The first-order valence-corrected chi connectivity index (χ1v) is 14.5. The predicted octanol–water partition coefficient (Wildman–Crippen LogP) is 3.62. The molecule has 0 unspecified atom stereocenters. The van der Waals surface area contributed by atoms with E-state index >= 15 is 0 Å². The van der Waals surface area contributed by atoms with Crippen LogP contribution in [-0.2, 0) is 11.3 Å². The molecule has 2 saturated heterocycles. The van der Waals surface area contributed by atoms with Crippen LogP contribution in [0.25, 0.3) is 0 Å². The third kappa shape index (κ3) is 8.84. The number of piperidine rings is 1. The van der Waals surface area contributed by atoms with E-state index in [0.29, 0.717) is 6.10 Å². The van der Waals surface area contributed by atoms with Crippen LogP contribution in [0.3, 0.4) is 0 Å². The van der Waals surface area contributed by atoms with Gasteiger partial charge in [0.05, 0.1) is 13.2 Å². The highest BCUT2D eigenvalue weighted by atomic mass is 28.1. The van der Waals surface area contributed by atoms with E-state index in [9.17, 15) is 0 Å². The van der Waals surface area contributed by atoms with Crippen LogP contribution in [0.15, 0.2) is 54.6 Å². The molecule has 4 nitrogen and oxygen atoms in total. The van der Waals surface area contributed by atoms with Gasteiger partial charge in [-0.25, -0.2) is 0 Å². The third-order valence-electron chi connectivity index (χ3n) is 7.45. The molecule has 0 atom stereocenters. The number of benzene rings is 2. The van der Waals surface area contributed by atoms with Crippen molar-refractivity contribution in [1.29, 1.82) is 0 Å². The summed E-state index contributed by atoms with van der Waals surface area (Å²) in [5, 5.41) is 1.46. The molecule has 3 aliphatic rings. The highest BCUT2D eigenvalue weighted by Gasteiger charge is 2.23. The van der Waals surface area contributed by atoms with Crippen LogP contribution in [0.2, 0.25) is 0 Å². The van der Waals surface area contributed by atoms with E-state index in [0.717, 1.165) is 44.5 Å². The topological polar surface area (TPSA) is 24.9 Å². The van der Waals surface area contributed by atoms with Crippen LogP contribution < -0.4 is 9.92 Å². The quantitative estimate of drug-likeness (QED) is 0.590. The predicted molar refractivity (Wildman–Crippen MR) is 145 cm³/mol. The molecule has 34 heavy (non-hydrogen) atoms. The summed E-state index contributed by atoms with van der Waals surface area (Å²) in [6, 6.07) is 19.2. The fraction of sp³-hybridized carbons (Fsp3) is 0.586. The second-order valence-corrected chi connectivity index (χ2v) is 11.5. The van der Waals surface area contributed by atoms with E-state index in [1.54, 1.807) is 0 Å². The number of rotatable bonds is 6.